The molecule has 0 saturated carbocycles. The zero-order valence-corrected chi connectivity index (χ0v) is 12.7. The van der Waals surface area contributed by atoms with E-state index in [1.807, 2.05) is 13.0 Å². The largest absolute Gasteiger partial charge is 0.390 e. The molecule has 2 unspecified atom stereocenters. The Morgan fingerprint density at radius 3 is 2.48 bits per heavy atom. The van der Waals surface area contributed by atoms with E-state index in [9.17, 15) is 13.9 Å². The second-order valence-electron chi connectivity index (χ2n) is 6.29. The first-order chi connectivity index (χ1) is 9.79. The fourth-order valence-electron chi connectivity index (χ4n) is 2.80. The molecule has 2 rings (SSSR count). The van der Waals surface area contributed by atoms with E-state index in [0.29, 0.717) is 0 Å². The van der Waals surface area contributed by atoms with Crippen LogP contribution in [0, 0.1) is 17.6 Å². The molecule has 2 nitrogen and oxygen atoms in total. The highest BCUT2D eigenvalue weighted by atomic mass is 19.1. The molecule has 4 heteroatoms. The van der Waals surface area contributed by atoms with Gasteiger partial charge in [-0.2, -0.15) is 0 Å². The van der Waals surface area contributed by atoms with Gasteiger partial charge >= 0.3 is 0 Å². The number of benzene rings is 1. The smallest absolute Gasteiger partial charge is 0.131 e. The van der Waals surface area contributed by atoms with Crippen molar-refractivity contribution in [3.63, 3.8) is 0 Å². The summed E-state index contributed by atoms with van der Waals surface area (Å²) >= 11 is 0. The van der Waals surface area contributed by atoms with Crippen molar-refractivity contribution < 1.29 is 18.6 Å². The van der Waals surface area contributed by atoms with Gasteiger partial charge in [0.2, 0.25) is 0 Å². The van der Waals surface area contributed by atoms with E-state index < -0.39 is 17.2 Å². The van der Waals surface area contributed by atoms with Crippen LogP contribution in [-0.4, -0.2) is 16.8 Å². The van der Waals surface area contributed by atoms with Crippen LogP contribution in [-0.2, 0) is 11.3 Å². The lowest BCUT2D eigenvalue weighted by atomic mass is 9.78. The van der Waals surface area contributed by atoms with Crippen LogP contribution in [0.3, 0.4) is 0 Å². The second-order valence-corrected chi connectivity index (χ2v) is 6.29. The van der Waals surface area contributed by atoms with Crippen LogP contribution >= 0.6 is 0 Å². The van der Waals surface area contributed by atoms with E-state index in [0.717, 1.165) is 12.8 Å². The van der Waals surface area contributed by atoms with Crippen LogP contribution in [0.25, 0.3) is 0 Å². The molecule has 1 aromatic rings. The summed E-state index contributed by atoms with van der Waals surface area (Å²) in [5.74, 6) is -1.30. The van der Waals surface area contributed by atoms with Crippen molar-refractivity contribution in [3.05, 3.63) is 47.0 Å². The molecular weight excluding hydrogens is 274 g/mol. The maximum atomic E-state index is 13.6. The Labute approximate surface area is 124 Å². The maximum Gasteiger partial charge on any atom is 0.131 e. The summed E-state index contributed by atoms with van der Waals surface area (Å²) in [7, 11) is 0. The highest BCUT2D eigenvalue weighted by Gasteiger charge is 2.35. The molecule has 0 heterocycles. The van der Waals surface area contributed by atoms with Gasteiger partial charge in [-0.05, 0) is 45.7 Å². The summed E-state index contributed by atoms with van der Waals surface area (Å²) in [4.78, 5) is 0. The highest BCUT2D eigenvalue weighted by molar-refractivity contribution is 5.19. The first kappa shape index (κ1) is 16.1. The van der Waals surface area contributed by atoms with Gasteiger partial charge in [0.1, 0.15) is 11.6 Å². The van der Waals surface area contributed by atoms with Crippen molar-refractivity contribution in [2.24, 2.45) is 5.92 Å². The van der Waals surface area contributed by atoms with Gasteiger partial charge in [0.25, 0.3) is 0 Å². The lowest BCUT2D eigenvalue weighted by Gasteiger charge is -2.37. The van der Waals surface area contributed by atoms with Gasteiger partial charge in [-0.1, -0.05) is 17.7 Å². The van der Waals surface area contributed by atoms with E-state index in [1.54, 1.807) is 13.8 Å². The number of halogens is 2. The molecule has 0 radical (unpaired) electrons. The topological polar surface area (TPSA) is 29.5 Å². The summed E-state index contributed by atoms with van der Waals surface area (Å²) in [5.41, 5.74) is 0.216. The van der Waals surface area contributed by atoms with Crippen LogP contribution in [0.1, 0.15) is 39.2 Å². The SMILES string of the molecule is CC1=CC(OCc2c(F)cccc2F)C(C(C)(C)O)CC1. The zero-order chi connectivity index (χ0) is 15.6. The molecule has 0 spiro atoms. The third-order valence-electron chi connectivity index (χ3n) is 4.08. The molecular formula is C17H22F2O2. The van der Waals surface area contributed by atoms with Crippen molar-refractivity contribution in [1.82, 2.24) is 0 Å². The Morgan fingerprint density at radius 1 is 1.29 bits per heavy atom. The number of hydrogen-bond donors (Lipinski definition) is 1. The Balaban J connectivity index is 2.14. The molecule has 0 amide bonds. The standard InChI is InChI=1S/C17H22F2O2/c1-11-7-8-13(17(2,3)20)16(9-11)21-10-12-14(18)5-4-6-15(12)19/h4-6,9,13,16,20H,7-8,10H2,1-3H3. The number of hydrogen-bond acceptors (Lipinski definition) is 2. The summed E-state index contributed by atoms with van der Waals surface area (Å²) in [6, 6.07) is 3.77. The Hall–Kier alpha value is -1.26. The van der Waals surface area contributed by atoms with Crippen molar-refractivity contribution in [3.8, 4) is 0 Å². The fourth-order valence-corrected chi connectivity index (χ4v) is 2.80. The number of aliphatic hydroxyl groups is 1. The van der Waals surface area contributed by atoms with Crippen LogP contribution in [0.4, 0.5) is 8.78 Å². The average molecular weight is 296 g/mol. The third-order valence-corrected chi connectivity index (χ3v) is 4.08. The summed E-state index contributed by atoms with van der Waals surface area (Å²) < 4.78 is 33.0. The van der Waals surface area contributed by atoms with Crippen LogP contribution in [0.15, 0.2) is 29.8 Å². The minimum absolute atomic E-state index is 0.0661. The predicted octanol–water partition coefficient (Wildman–Crippen LogP) is 3.98. The maximum absolute atomic E-state index is 13.6. The molecule has 21 heavy (non-hydrogen) atoms. The Morgan fingerprint density at radius 2 is 1.90 bits per heavy atom. The molecule has 1 aromatic carbocycles. The van der Waals surface area contributed by atoms with Crippen molar-refractivity contribution in [2.45, 2.75) is 51.9 Å². The summed E-state index contributed by atoms with van der Waals surface area (Å²) in [6.07, 6.45) is 3.32. The van der Waals surface area contributed by atoms with E-state index >= 15 is 0 Å². The molecule has 0 aliphatic heterocycles. The predicted molar refractivity (Wildman–Crippen MR) is 77.7 cm³/mol. The molecule has 0 bridgehead atoms. The van der Waals surface area contributed by atoms with Crippen molar-refractivity contribution >= 4 is 0 Å². The Bertz CT molecular complexity index is 512. The molecule has 1 N–H and O–H groups in total. The van der Waals surface area contributed by atoms with Crippen LogP contribution in [0.5, 0.6) is 0 Å². The highest BCUT2D eigenvalue weighted by Crippen LogP contribution is 2.34. The van der Waals surface area contributed by atoms with Gasteiger partial charge in [-0.3, -0.25) is 0 Å². The average Bonchev–Trinajstić information content (AvgIpc) is 2.36. The lowest BCUT2D eigenvalue weighted by molar-refractivity contribution is -0.0706. The fraction of sp³-hybridized carbons (Fsp3) is 0.529. The second kappa shape index (κ2) is 6.24. The van der Waals surface area contributed by atoms with Gasteiger partial charge in [-0.15, -0.1) is 0 Å². The van der Waals surface area contributed by atoms with Crippen molar-refractivity contribution in [2.75, 3.05) is 0 Å². The van der Waals surface area contributed by atoms with Crippen molar-refractivity contribution in [1.29, 1.82) is 0 Å². The third kappa shape index (κ3) is 3.89. The minimum Gasteiger partial charge on any atom is -0.390 e. The zero-order valence-electron chi connectivity index (χ0n) is 12.7. The molecule has 0 saturated heterocycles. The Kier molecular flexibility index (Phi) is 4.79. The molecule has 2 atom stereocenters. The lowest BCUT2D eigenvalue weighted by Crippen LogP contribution is -2.41. The molecule has 116 valence electrons. The quantitative estimate of drug-likeness (QED) is 0.852. The van der Waals surface area contributed by atoms with Gasteiger partial charge in [0.15, 0.2) is 0 Å². The molecule has 0 aromatic heterocycles. The van der Waals surface area contributed by atoms with Gasteiger partial charge < -0.3 is 9.84 Å². The molecule has 1 aliphatic carbocycles. The normalized spacial score (nSPS) is 23.0. The summed E-state index contributed by atoms with van der Waals surface area (Å²) in [6.45, 7) is 5.35. The molecule has 0 fully saturated rings. The number of rotatable bonds is 4. The first-order valence-electron chi connectivity index (χ1n) is 7.23. The van der Waals surface area contributed by atoms with E-state index in [-0.39, 0.29) is 24.2 Å². The van der Waals surface area contributed by atoms with E-state index in [4.69, 9.17) is 4.74 Å². The van der Waals surface area contributed by atoms with E-state index in [1.165, 1.54) is 23.8 Å². The van der Waals surface area contributed by atoms with Gasteiger partial charge in [0, 0.05) is 11.5 Å². The van der Waals surface area contributed by atoms with E-state index in [2.05, 4.69) is 0 Å². The van der Waals surface area contributed by atoms with Gasteiger partial charge in [-0.25, -0.2) is 8.78 Å². The van der Waals surface area contributed by atoms with Crippen LogP contribution in [0.2, 0.25) is 0 Å². The number of allylic oxidation sites excluding steroid dienone is 1. The monoisotopic (exact) mass is 296 g/mol. The number of ether oxygens (including phenoxy) is 1. The van der Waals surface area contributed by atoms with Crippen LogP contribution < -0.4 is 0 Å². The van der Waals surface area contributed by atoms with Gasteiger partial charge in [0.05, 0.1) is 18.3 Å². The minimum atomic E-state index is -0.893. The summed E-state index contributed by atoms with van der Waals surface area (Å²) in [5, 5.41) is 10.2. The first-order valence-corrected chi connectivity index (χ1v) is 7.23. The molecule has 1 aliphatic rings.